The molecule has 1 aliphatic rings. The highest BCUT2D eigenvalue weighted by molar-refractivity contribution is 5.56. The molecule has 2 aromatic carbocycles. The monoisotopic (exact) mass is 434 g/mol. The van der Waals surface area contributed by atoms with Crippen LogP contribution in [0.3, 0.4) is 0 Å². The summed E-state index contributed by atoms with van der Waals surface area (Å²) in [6.07, 6.45) is 4.35. The van der Waals surface area contributed by atoms with Gasteiger partial charge in [-0.3, -0.25) is 9.89 Å². The lowest BCUT2D eigenvalue weighted by Crippen LogP contribution is -2.16. The van der Waals surface area contributed by atoms with Gasteiger partial charge in [-0.2, -0.15) is 9.50 Å². The highest BCUT2D eigenvalue weighted by atomic mass is 19.3. The van der Waals surface area contributed by atoms with Crippen LogP contribution < -0.4 is 5.56 Å². The van der Waals surface area contributed by atoms with E-state index in [1.165, 1.54) is 16.6 Å². The summed E-state index contributed by atoms with van der Waals surface area (Å²) in [7, 11) is 0. The molecule has 0 radical (unpaired) electrons. The van der Waals surface area contributed by atoms with E-state index in [-0.39, 0.29) is 16.5 Å². The van der Waals surface area contributed by atoms with E-state index in [0.29, 0.717) is 23.7 Å². The minimum Gasteiger partial charge on any atom is -0.271 e. The molecule has 7 heteroatoms. The Morgan fingerprint density at radius 1 is 1.06 bits per heavy atom. The third-order valence-corrected chi connectivity index (χ3v) is 6.35. The van der Waals surface area contributed by atoms with Crippen molar-refractivity contribution in [2.75, 3.05) is 0 Å². The minimum atomic E-state index is -2.84. The molecule has 32 heavy (non-hydrogen) atoms. The van der Waals surface area contributed by atoms with E-state index in [1.54, 1.807) is 12.1 Å². The number of nitrogens with one attached hydrogen (secondary N) is 1. The summed E-state index contributed by atoms with van der Waals surface area (Å²) in [5.41, 5.74) is 2.40. The van der Waals surface area contributed by atoms with Gasteiger partial charge in [0.15, 0.2) is 5.82 Å². The number of benzene rings is 2. The van der Waals surface area contributed by atoms with E-state index in [1.807, 2.05) is 36.4 Å². The second-order valence-electron chi connectivity index (χ2n) is 8.76. The minimum absolute atomic E-state index is 0.0345. The van der Waals surface area contributed by atoms with E-state index < -0.39 is 5.92 Å². The van der Waals surface area contributed by atoms with E-state index in [0.717, 1.165) is 43.7 Å². The third kappa shape index (κ3) is 3.95. The molecule has 0 spiro atoms. The largest absolute Gasteiger partial charge is 0.274 e. The Bertz CT molecular complexity index is 1320. The molecule has 1 fully saturated rings. The number of hydrogen-bond donors (Lipinski definition) is 1. The van der Waals surface area contributed by atoms with Crippen molar-refractivity contribution in [1.82, 2.24) is 19.6 Å². The molecule has 1 aliphatic carbocycles. The topological polar surface area (TPSA) is 63.0 Å². The zero-order valence-corrected chi connectivity index (χ0v) is 17.8. The summed E-state index contributed by atoms with van der Waals surface area (Å²) in [6, 6.07) is 17.9. The summed E-state index contributed by atoms with van der Waals surface area (Å²) >= 11 is 0. The van der Waals surface area contributed by atoms with Crippen molar-refractivity contribution in [3.8, 4) is 11.4 Å². The van der Waals surface area contributed by atoms with E-state index in [9.17, 15) is 13.6 Å². The van der Waals surface area contributed by atoms with Crippen LogP contribution in [0.4, 0.5) is 8.78 Å². The van der Waals surface area contributed by atoms with Crippen molar-refractivity contribution < 1.29 is 8.78 Å². The second kappa shape index (κ2) is 7.65. The number of aryl methyl sites for hydroxylation is 1. The Labute approximate surface area is 184 Å². The van der Waals surface area contributed by atoms with Gasteiger partial charge < -0.3 is 0 Å². The normalized spacial score (nSPS) is 15.2. The van der Waals surface area contributed by atoms with Gasteiger partial charge in [0.1, 0.15) is 0 Å². The SMILES string of the molecule is CC(F)(F)c1cccc(C2(CCCc3cc(=O)n4[nH]c(-c5ccccc5)nc4n3)CC2)c1. The van der Waals surface area contributed by atoms with Gasteiger partial charge in [0, 0.05) is 24.1 Å². The maximum atomic E-state index is 13.7. The maximum Gasteiger partial charge on any atom is 0.274 e. The molecule has 0 atom stereocenters. The second-order valence-corrected chi connectivity index (χ2v) is 8.76. The van der Waals surface area contributed by atoms with Gasteiger partial charge in [0.25, 0.3) is 17.3 Å². The summed E-state index contributed by atoms with van der Waals surface area (Å²) in [5.74, 6) is -1.89. The van der Waals surface area contributed by atoms with E-state index in [2.05, 4.69) is 15.1 Å². The van der Waals surface area contributed by atoms with Gasteiger partial charge >= 0.3 is 0 Å². The molecule has 5 nitrogen and oxygen atoms in total. The number of aromatic amines is 1. The molecule has 2 aromatic heterocycles. The first kappa shape index (κ1) is 20.5. The number of halogens is 2. The fraction of sp³-hybridized carbons (Fsp3) is 0.320. The van der Waals surface area contributed by atoms with Gasteiger partial charge in [-0.15, -0.1) is 0 Å². The Kier molecular flexibility index (Phi) is 4.92. The standard InChI is InChI=1S/C25H24F2N4O/c1-24(26,27)18-9-5-10-19(15-18)25(13-14-25)12-6-11-20-16-21(32)31-23(28-20)29-22(30-31)17-7-3-2-4-8-17/h2-5,7-10,15-16H,6,11-14H2,1H3,(H,28,29,30). The smallest absolute Gasteiger partial charge is 0.271 e. The molecule has 5 rings (SSSR count). The molecule has 1 saturated carbocycles. The lowest BCUT2D eigenvalue weighted by Gasteiger charge is -2.18. The van der Waals surface area contributed by atoms with Crippen molar-refractivity contribution in [3.63, 3.8) is 0 Å². The fourth-order valence-corrected chi connectivity index (χ4v) is 4.34. The number of nitrogens with zero attached hydrogens (tertiary/aromatic N) is 3. The Balaban J connectivity index is 1.31. The number of H-pyrrole nitrogens is 1. The fourth-order valence-electron chi connectivity index (χ4n) is 4.34. The Hall–Kier alpha value is -3.35. The van der Waals surface area contributed by atoms with Crippen LogP contribution in [0.25, 0.3) is 17.2 Å². The lowest BCUT2D eigenvalue weighted by molar-refractivity contribution is 0.0173. The van der Waals surface area contributed by atoms with Gasteiger partial charge in [-0.05, 0) is 49.1 Å². The highest BCUT2D eigenvalue weighted by Gasteiger charge is 2.44. The summed E-state index contributed by atoms with van der Waals surface area (Å²) in [5, 5.41) is 3.01. The molecule has 164 valence electrons. The van der Waals surface area contributed by atoms with Crippen molar-refractivity contribution in [1.29, 1.82) is 0 Å². The molecule has 0 unspecified atom stereocenters. The number of fused-ring (bicyclic) bond motifs is 1. The number of hydrogen-bond acceptors (Lipinski definition) is 3. The summed E-state index contributed by atoms with van der Waals surface area (Å²) in [6.45, 7) is 0.935. The van der Waals surface area contributed by atoms with Gasteiger partial charge in [0.2, 0.25) is 0 Å². The van der Waals surface area contributed by atoms with Crippen molar-refractivity contribution in [2.45, 2.75) is 50.4 Å². The molecule has 0 aliphatic heterocycles. The van der Waals surface area contributed by atoms with Crippen LogP contribution in [-0.4, -0.2) is 19.6 Å². The molecule has 0 amide bonds. The van der Waals surface area contributed by atoms with Gasteiger partial charge in [-0.1, -0.05) is 48.5 Å². The van der Waals surface area contributed by atoms with Crippen molar-refractivity contribution in [2.24, 2.45) is 0 Å². The lowest BCUT2D eigenvalue weighted by atomic mass is 9.88. The van der Waals surface area contributed by atoms with Crippen LogP contribution in [-0.2, 0) is 17.8 Å². The number of rotatable bonds is 7. The first-order valence-corrected chi connectivity index (χ1v) is 10.9. The van der Waals surface area contributed by atoms with Crippen molar-refractivity contribution >= 4 is 5.78 Å². The first-order valence-electron chi connectivity index (χ1n) is 10.9. The third-order valence-electron chi connectivity index (χ3n) is 6.35. The molecule has 0 saturated heterocycles. The average molecular weight is 434 g/mol. The van der Waals surface area contributed by atoms with E-state index in [4.69, 9.17) is 0 Å². The van der Waals surface area contributed by atoms with E-state index >= 15 is 0 Å². The van der Waals surface area contributed by atoms with Crippen LogP contribution in [0, 0.1) is 0 Å². The summed E-state index contributed by atoms with van der Waals surface area (Å²) < 4.78 is 28.8. The Morgan fingerprint density at radius 2 is 1.84 bits per heavy atom. The molecular weight excluding hydrogens is 410 g/mol. The summed E-state index contributed by atoms with van der Waals surface area (Å²) in [4.78, 5) is 21.6. The van der Waals surface area contributed by atoms with Crippen LogP contribution in [0.5, 0.6) is 0 Å². The van der Waals surface area contributed by atoms with Gasteiger partial charge in [0.05, 0.1) is 5.69 Å². The van der Waals surface area contributed by atoms with Crippen LogP contribution in [0.15, 0.2) is 65.5 Å². The Morgan fingerprint density at radius 3 is 2.56 bits per heavy atom. The van der Waals surface area contributed by atoms with Crippen LogP contribution in [0.1, 0.15) is 49.4 Å². The molecular formula is C25H24F2N4O. The highest BCUT2D eigenvalue weighted by Crippen LogP contribution is 2.52. The zero-order valence-electron chi connectivity index (χ0n) is 17.8. The molecule has 4 aromatic rings. The number of alkyl halides is 2. The molecule has 0 bridgehead atoms. The van der Waals surface area contributed by atoms with Crippen molar-refractivity contribution in [3.05, 3.63) is 87.8 Å². The predicted molar refractivity (Wildman–Crippen MR) is 119 cm³/mol. The van der Waals surface area contributed by atoms with Gasteiger partial charge in [-0.25, -0.2) is 13.8 Å². The van der Waals surface area contributed by atoms with Crippen LogP contribution >= 0.6 is 0 Å². The quantitative estimate of drug-likeness (QED) is 0.432. The first-order chi connectivity index (χ1) is 15.3. The number of aromatic nitrogens is 4. The average Bonchev–Trinajstić information content (AvgIpc) is 3.44. The molecule has 2 heterocycles. The molecule has 1 N–H and O–H groups in total. The maximum absolute atomic E-state index is 13.7. The van der Waals surface area contributed by atoms with Crippen LogP contribution in [0.2, 0.25) is 0 Å². The predicted octanol–water partition coefficient (Wildman–Crippen LogP) is 5.25. The zero-order chi connectivity index (χ0) is 22.3.